The Morgan fingerprint density at radius 1 is 1.38 bits per heavy atom. The molecule has 0 atom stereocenters. The number of rotatable bonds is 3. The van der Waals surface area contributed by atoms with Crippen molar-refractivity contribution < 1.29 is 9.90 Å². The average molecular weight is 302 g/mol. The van der Waals surface area contributed by atoms with Crippen molar-refractivity contribution in [1.82, 2.24) is 15.3 Å². The van der Waals surface area contributed by atoms with E-state index in [1.165, 1.54) is 11.3 Å². The van der Waals surface area contributed by atoms with Crippen LogP contribution >= 0.6 is 11.3 Å². The van der Waals surface area contributed by atoms with Crippen molar-refractivity contribution in [2.24, 2.45) is 0 Å². The number of nitrogens with one attached hydrogen (secondary N) is 2. The molecule has 0 fully saturated rings. The molecule has 0 spiro atoms. The molecule has 0 saturated heterocycles. The molecule has 2 rings (SSSR count). The fourth-order valence-electron chi connectivity index (χ4n) is 1.44. The Hall–Kier alpha value is -2.43. The van der Waals surface area contributed by atoms with Gasteiger partial charge in [-0.05, 0) is 25.0 Å². The number of carbonyl (C=O) groups is 1. The molecule has 2 aromatic heterocycles. The smallest absolute Gasteiger partial charge is 0.321 e. The van der Waals surface area contributed by atoms with E-state index >= 15 is 0 Å². The van der Waals surface area contributed by atoms with Gasteiger partial charge in [0.2, 0.25) is 0 Å². The molecule has 3 N–H and O–H groups in total. The zero-order valence-electron chi connectivity index (χ0n) is 11.4. The van der Waals surface area contributed by atoms with E-state index in [1.807, 2.05) is 19.1 Å². The topological polar surface area (TPSA) is 87.1 Å². The van der Waals surface area contributed by atoms with Gasteiger partial charge in [-0.3, -0.25) is 10.3 Å². The van der Waals surface area contributed by atoms with Gasteiger partial charge in [-0.15, -0.1) is 0 Å². The molecule has 0 aliphatic carbocycles. The summed E-state index contributed by atoms with van der Waals surface area (Å²) in [6.07, 6.45) is 3.37. The average Bonchev–Trinajstić information content (AvgIpc) is 2.84. The van der Waals surface area contributed by atoms with Crippen LogP contribution in [0.5, 0.6) is 0 Å². The quantitative estimate of drug-likeness (QED) is 0.747. The molecule has 0 aliphatic heterocycles. The fraction of sp³-hybridized carbons (Fsp3) is 0.214. The maximum absolute atomic E-state index is 11.5. The van der Waals surface area contributed by atoms with Crippen molar-refractivity contribution in [2.75, 3.05) is 18.5 Å². The molecule has 21 heavy (non-hydrogen) atoms. The lowest BCUT2D eigenvalue weighted by Crippen LogP contribution is -2.30. The summed E-state index contributed by atoms with van der Waals surface area (Å²) in [5.41, 5.74) is 1.63. The molecule has 0 saturated carbocycles. The minimum atomic E-state index is -0.397. The second-order valence-electron chi connectivity index (χ2n) is 4.02. The highest BCUT2D eigenvalue weighted by Crippen LogP contribution is 2.21. The number of amides is 2. The van der Waals surface area contributed by atoms with E-state index in [2.05, 4.69) is 32.4 Å². The number of hydrogen-bond donors (Lipinski definition) is 3. The van der Waals surface area contributed by atoms with Crippen molar-refractivity contribution in [3.8, 4) is 11.8 Å². The Kier molecular flexibility index (Phi) is 5.26. The van der Waals surface area contributed by atoms with Crippen molar-refractivity contribution in [3.05, 3.63) is 40.7 Å². The zero-order chi connectivity index (χ0) is 15.1. The first-order valence-corrected chi connectivity index (χ1v) is 7.06. The first-order chi connectivity index (χ1) is 10.2. The van der Waals surface area contributed by atoms with Crippen LogP contribution in [0.4, 0.5) is 9.93 Å². The van der Waals surface area contributed by atoms with Crippen LogP contribution in [0.2, 0.25) is 0 Å². The Labute approximate surface area is 126 Å². The fourth-order valence-corrected chi connectivity index (χ4v) is 2.26. The third-order valence-corrected chi connectivity index (χ3v) is 3.40. The summed E-state index contributed by atoms with van der Waals surface area (Å²) in [6.45, 7) is 1.93. The van der Waals surface area contributed by atoms with Gasteiger partial charge >= 0.3 is 6.03 Å². The van der Waals surface area contributed by atoms with Crippen LogP contribution in [0.15, 0.2) is 24.5 Å². The summed E-state index contributed by atoms with van der Waals surface area (Å²) in [5.74, 6) is 6.05. The Balaban J connectivity index is 2.06. The number of nitrogens with zero attached hydrogens (tertiary/aromatic N) is 2. The minimum Gasteiger partial charge on any atom is -0.395 e. The largest absolute Gasteiger partial charge is 0.395 e. The van der Waals surface area contributed by atoms with E-state index in [4.69, 9.17) is 5.11 Å². The van der Waals surface area contributed by atoms with Crippen LogP contribution in [-0.4, -0.2) is 34.3 Å². The third-order valence-electron chi connectivity index (χ3n) is 2.42. The highest BCUT2D eigenvalue weighted by molar-refractivity contribution is 7.16. The van der Waals surface area contributed by atoms with E-state index in [9.17, 15) is 4.79 Å². The van der Waals surface area contributed by atoms with E-state index in [-0.39, 0.29) is 13.2 Å². The van der Waals surface area contributed by atoms with Gasteiger partial charge in [-0.1, -0.05) is 17.3 Å². The molecule has 0 aliphatic rings. The highest BCUT2D eigenvalue weighted by atomic mass is 32.1. The van der Waals surface area contributed by atoms with E-state index in [0.717, 1.165) is 16.1 Å². The maximum atomic E-state index is 11.5. The van der Waals surface area contributed by atoms with E-state index in [1.54, 1.807) is 12.4 Å². The predicted molar refractivity (Wildman–Crippen MR) is 81.2 cm³/mol. The molecule has 108 valence electrons. The van der Waals surface area contributed by atoms with Crippen molar-refractivity contribution >= 4 is 22.5 Å². The van der Waals surface area contributed by atoms with Crippen LogP contribution in [-0.2, 0) is 0 Å². The lowest BCUT2D eigenvalue weighted by Gasteiger charge is -2.01. The Bertz CT molecular complexity index is 673. The van der Waals surface area contributed by atoms with Gasteiger partial charge in [0.25, 0.3) is 0 Å². The molecule has 2 aromatic rings. The summed E-state index contributed by atoms with van der Waals surface area (Å²) in [7, 11) is 0. The Morgan fingerprint density at radius 2 is 2.14 bits per heavy atom. The highest BCUT2D eigenvalue weighted by Gasteiger charge is 2.08. The molecule has 0 unspecified atom stereocenters. The van der Waals surface area contributed by atoms with Gasteiger partial charge in [0, 0.05) is 24.5 Å². The van der Waals surface area contributed by atoms with Crippen LogP contribution in [0.3, 0.4) is 0 Å². The van der Waals surface area contributed by atoms with E-state index < -0.39 is 6.03 Å². The number of aliphatic hydroxyl groups is 1. The van der Waals surface area contributed by atoms with Crippen molar-refractivity contribution in [3.63, 3.8) is 0 Å². The SMILES string of the molecule is Cc1nc(NC(=O)NCCO)sc1C#Cc1ccncc1. The first-order valence-electron chi connectivity index (χ1n) is 6.24. The third kappa shape index (κ3) is 4.56. The molecule has 0 bridgehead atoms. The molecular weight excluding hydrogens is 288 g/mol. The standard InChI is InChI=1S/C14H14N4O2S/c1-10-12(3-2-11-4-6-15-7-5-11)21-14(17-10)18-13(20)16-8-9-19/h4-7,19H,8-9H2,1H3,(H2,16,17,18,20). The van der Waals surface area contributed by atoms with E-state index in [0.29, 0.717) is 5.13 Å². The zero-order valence-corrected chi connectivity index (χ0v) is 12.2. The van der Waals surface area contributed by atoms with Crippen LogP contribution in [0.1, 0.15) is 16.1 Å². The van der Waals surface area contributed by atoms with Gasteiger partial charge < -0.3 is 10.4 Å². The lowest BCUT2D eigenvalue weighted by molar-refractivity contribution is 0.245. The van der Waals surface area contributed by atoms with Gasteiger partial charge in [0.15, 0.2) is 5.13 Å². The summed E-state index contributed by atoms with van der Waals surface area (Å²) in [6, 6.07) is 3.25. The number of carbonyl (C=O) groups excluding carboxylic acids is 1. The molecule has 2 amide bonds. The number of aromatic nitrogens is 2. The number of pyridine rings is 1. The summed E-state index contributed by atoms with van der Waals surface area (Å²) >= 11 is 1.31. The monoisotopic (exact) mass is 302 g/mol. The second-order valence-corrected chi connectivity index (χ2v) is 5.02. The predicted octanol–water partition coefficient (Wildman–Crippen LogP) is 1.36. The molecule has 0 radical (unpaired) electrons. The number of thiazole rings is 1. The maximum Gasteiger partial charge on any atom is 0.321 e. The molecule has 2 heterocycles. The van der Waals surface area contributed by atoms with Crippen LogP contribution < -0.4 is 10.6 Å². The van der Waals surface area contributed by atoms with Crippen molar-refractivity contribution in [1.29, 1.82) is 0 Å². The van der Waals surface area contributed by atoms with Gasteiger partial charge in [0.05, 0.1) is 12.3 Å². The number of anilines is 1. The molecular formula is C14H14N4O2S. The van der Waals surface area contributed by atoms with Crippen molar-refractivity contribution in [2.45, 2.75) is 6.92 Å². The molecule has 7 heteroatoms. The van der Waals surface area contributed by atoms with Gasteiger partial charge in [-0.2, -0.15) is 0 Å². The normalized spacial score (nSPS) is 9.62. The number of hydrogen-bond acceptors (Lipinski definition) is 5. The Morgan fingerprint density at radius 3 is 2.86 bits per heavy atom. The lowest BCUT2D eigenvalue weighted by atomic mass is 10.2. The summed E-state index contributed by atoms with van der Waals surface area (Å²) in [4.78, 5) is 20.4. The number of urea groups is 1. The first kappa shape index (κ1) is 15.0. The van der Waals surface area contributed by atoms with Crippen LogP contribution in [0.25, 0.3) is 0 Å². The van der Waals surface area contributed by atoms with Crippen LogP contribution in [0, 0.1) is 18.8 Å². The minimum absolute atomic E-state index is 0.104. The number of aryl methyl sites for hydroxylation is 1. The number of aliphatic hydroxyl groups excluding tert-OH is 1. The van der Waals surface area contributed by atoms with Gasteiger partial charge in [0.1, 0.15) is 4.88 Å². The summed E-state index contributed by atoms with van der Waals surface area (Å²) in [5, 5.41) is 14.2. The van der Waals surface area contributed by atoms with Gasteiger partial charge in [-0.25, -0.2) is 9.78 Å². The second kappa shape index (κ2) is 7.38. The summed E-state index contributed by atoms with van der Waals surface area (Å²) < 4.78 is 0. The molecule has 6 nitrogen and oxygen atoms in total. The molecule has 0 aromatic carbocycles.